The summed E-state index contributed by atoms with van der Waals surface area (Å²) < 4.78 is 15.7. The second-order valence-electron chi connectivity index (χ2n) is 4.80. The van der Waals surface area contributed by atoms with Gasteiger partial charge in [0, 0.05) is 5.56 Å². The van der Waals surface area contributed by atoms with Crippen molar-refractivity contribution >= 4 is 18.0 Å². The van der Waals surface area contributed by atoms with Crippen molar-refractivity contribution in [2.75, 3.05) is 13.2 Å². The summed E-state index contributed by atoms with van der Waals surface area (Å²) >= 11 is 0. The highest BCUT2D eigenvalue weighted by molar-refractivity contribution is 5.97. The molecule has 0 aliphatic carbocycles. The van der Waals surface area contributed by atoms with Gasteiger partial charge in [-0.1, -0.05) is 0 Å². The maximum atomic E-state index is 12.1. The maximum absolute atomic E-state index is 12.1. The van der Waals surface area contributed by atoms with Crippen molar-refractivity contribution in [3.63, 3.8) is 0 Å². The summed E-state index contributed by atoms with van der Waals surface area (Å²) in [5, 5.41) is 8.96. The predicted octanol–water partition coefficient (Wildman–Crippen LogP) is 2.22. The monoisotopic (exact) mass is 315 g/mol. The van der Waals surface area contributed by atoms with Gasteiger partial charge in [-0.15, -0.1) is 0 Å². The van der Waals surface area contributed by atoms with E-state index in [4.69, 9.17) is 19.5 Å². The van der Waals surface area contributed by atoms with Crippen LogP contribution in [0.1, 0.15) is 31.4 Å². The van der Waals surface area contributed by atoms with Crippen molar-refractivity contribution < 1.29 is 23.8 Å². The van der Waals surface area contributed by atoms with Crippen LogP contribution >= 0.6 is 0 Å². The summed E-state index contributed by atoms with van der Waals surface area (Å²) in [6, 6.07) is 6.91. The molecule has 0 fully saturated rings. The van der Waals surface area contributed by atoms with Crippen molar-refractivity contribution in [3.05, 3.63) is 34.9 Å². The van der Waals surface area contributed by atoms with Gasteiger partial charge in [0.05, 0.1) is 36.8 Å². The molecule has 1 heterocycles. The predicted molar refractivity (Wildman–Crippen MR) is 81.4 cm³/mol. The van der Waals surface area contributed by atoms with Gasteiger partial charge in [0.25, 0.3) is 0 Å². The molecule has 1 aromatic carbocycles. The summed E-state index contributed by atoms with van der Waals surface area (Å²) in [5.41, 5.74) is 1.30. The number of nitriles is 1. The average Bonchev–Trinajstić information content (AvgIpc) is 2.54. The fourth-order valence-corrected chi connectivity index (χ4v) is 2.24. The van der Waals surface area contributed by atoms with Gasteiger partial charge in [-0.25, -0.2) is 4.79 Å². The number of hydrogen-bond acceptors (Lipinski definition) is 6. The number of fused-ring (bicyclic) bond motifs is 1. The smallest absolute Gasteiger partial charge is 0.337 e. The first-order valence-electron chi connectivity index (χ1n) is 7.34. The molecular weight excluding hydrogens is 298 g/mol. The highest BCUT2D eigenvalue weighted by Gasteiger charge is 2.31. The zero-order chi connectivity index (χ0) is 16.8. The zero-order valence-electron chi connectivity index (χ0n) is 13.0. The Balaban J connectivity index is 2.34. The Morgan fingerprint density at radius 3 is 2.65 bits per heavy atom. The SMILES string of the molecule is CCOC(=O)CC1Oc2ccc(C#N)cc2C=C1C(=O)OCC. The molecule has 6 nitrogen and oxygen atoms in total. The van der Waals surface area contributed by atoms with E-state index in [9.17, 15) is 9.59 Å². The first kappa shape index (κ1) is 16.6. The molecule has 0 aromatic heterocycles. The van der Waals surface area contributed by atoms with Crippen LogP contribution in [0.5, 0.6) is 5.75 Å². The molecule has 0 N–H and O–H groups in total. The van der Waals surface area contributed by atoms with E-state index in [0.717, 1.165) is 0 Å². The lowest BCUT2D eigenvalue weighted by Gasteiger charge is -2.25. The van der Waals surface area contributed by atoms with E-state index < -0.39 is 18.0 Å². The third-order valence-corrected chi connectivity index (χ3v) is 3.23. The second kappa shape index (κ2) is 7.45. The Kier molecular flexibility index (Phi) is 5.36. The van der Waals surface area contributed by atoms with E-state index in [2.05, 4.69) is 0 Å². The van der Waals surface area contributed by atoms with Crippen LogP contribution in [0.25, 0.3) is 6.08 Å². The van der Waals surface area contributed by atoms with Crippen molar-refractivity contribution in [1.82, 2.24) is 0 Å². The fourth-order valence-electron chi connectivity index (χ4n) is 2.24. The molecule has 1 aromatic rings. The van der Waals surface area contributed by atoms with E-state index in [0.29, 0.717) is 16.9 Å². The molecule has 0 spiro atoms. The van der Waals surface area contributed by atoms with Gasteiger partial charge in [-0.3, -0.25) is 4.79 Å². The van der Waals surface area contributed by atoms with Crippen molar-refractivity contribution in [2.24, 2.45) is 0 Å². The molecule has 0 saturated carbocycles. The quantitative estimate of drug-likeness (QED) is 0.774. The molecule has 1 aliphatic rings. The van der Waals surface area contributed by atoms with Crippen molar-refractivity contribution in [2.45, 2.75) is 26.4 Å². The number of nitrogens with zero attached hydrogens (tertiary/aromatic N) is 1. The second-order valence-corrected chi connectivity index (χ2v) is 4.80. The van der Waals surface area contributed by atoms with Gasteiger partial charge in [-0.05, 0) is 38.1 Å². The van der Waals surface area contributed by atoms with Crippen LogP contribution < -0.4 is 4.74 Å². The number of carbonyl (C=O) groups excluding carboxylic acids is 2. The summed E-state index contributed by atoms with van der Waals surface area (Å²) in [6.45, 7) is 3.88. The van der Waals surface area contributed by atoms with Crippen molar-refractivity contribution in [3.8, 4) is 11.8 Å². The number of carbonyl (C=O) groups is 2. The lowest BCUT2D eigenvalue weighted by Crippen LogP contribution is -2.31. The Morgan fingerprint density at radius 2 is 2.00 bits per heavy atom. The molecule has 2 rings (SSSR count). The van der Waals surface area contributed by atoms with Gasteiger partial charge in [0.2, 0.25) is 0 Å². The van der Waals surface area contributed by atoms with Crippen LogP contribution in [0, 0.1) is 11.3 Å². The molecule has 1 unspecified atom stereocenters. The van der Waals surface area contributed by atoms with Crippen LogP contribution in [-0.4, -0.2) is 31.3 Å². The average molecular weight is 315 g/mol. The van der Waals surface area contributed by atoms with Gasteiger partial charge < -0.3 is 14.2 Å². The van der Waals surface area contributed by atoms with E-state index in [1.54, 1.807) is 38.1 Å². The van der Waals surface area contributed by atoms with Crippen LogP contribution in [0.15, 0.2) is 23.8 Å². The third kappa shape index (κ3) is 3.89. The first-order chi connectivity index (χ1) is 11.1. The zero-order valence-corrected chi connectivity index (χ0v) is 13.0. The Labute approximate surface area is 134 Å². The minimum atomic E-state index is -0.770. The number of benzene rings is 1. The van der Waals surface area contributed by atoms with Crippen LogP contribution in [0.2, 0.25) is 0 Å². The molecule has 120 valence electrons. The summed E-state index contributed by atoms with van der Waals surface area (Å²) in [4.78, 5) is 23.8. The van der Waals surface area contributed by atoms with Gasteiger partial charge in [-0.2, -0.15) is 5.26 Å². The molecule has 1 atom stereocenters. The standard InChI is InChI=1S/C17H17NO5/c1-3-21-16(19)9-15-13(17(20)22-4-2)8-12-7-11(10-18)5-6-14(12)23-15/h5-8,15H,3-4,9H2,1-2H3. The van der Waals surface area contributed by atoms with Gasteiger partial charge >= 0.3 is 11.9 Å². The number of ether oxygens (including phenoxy) is 3. The molecule has 0 amide bonds. The lowest BCUT2D eigenvalue weighted by molar-refractivity contribution is -0.145. The van der Waals surface area contributed by atoms with E-state index in [1.165, 1.54) is 0 Å². The van der Waals surface area contributed by atoms with E-state index in [-0.39, 0.29) is 25.2 Å². The number of rotatable bonds is 5. The number of hydrogen-bond donors (Lipinski definition) is 0. The minimum absolute atomic E-state index is 0.0854. The van der Waals surface area contributed by atoms with E-state index >= 15 is 0 Å². The van der Waals surface area contributed by atoms with Crippen LogP contribution in [-0.2, 0) is 19.1 Å². The highest BCUT2D eigenvalue weighted by Crippen LogP contribution is 2.32. The summed E-state index contributed by atoms with van der Waals surface area (Å²) in [7, 11) is 0. The summed E-state index contributed by atoms with van der Waals surface area (Å²) in [5.74, 6) is -0.494. The molecule has 6 heteroatoms. The van der Waals surface area contributed by atoms with Gasteiger partial charge in [0.15, 0.2) is 0 Å². The molecular formula is C17H17NO5. The molecule has 0 saturated heterocycles. The maximum Gasteiger partial charge on any atom is 0.337 e. The topological polar surface area (TPSA) is 85.6 Å². The molecule has 23 heavy (non-hydrogen) atoms. The minimum Gasteiger partial charge on any atom is -0.484 e. The largest absolute Gasteiger partial charge is 0.484 e. The Hall–Kier alpha value is -2.81. The Morgan fingerprint density at radius 1 is 1.26 bits per heavy atom. The van der Waals surface area contributed by atoms with Gasteiger partial charge in [0.1, 0.15) is 11.9 Å². The summed E-state index contributed by atoms with van der Waals surface area (Å²) in [6.07, 6.45) is 0.744. The fraction of sp³-hybridized carbons (Fsp3) is 0.353. The molecule has 1 aliphatic heterocycles. The van der Waals surface area contributed by atoms with Crippen molar-refractivity contribution in [1.29, 1.82) is 5.26 Å². The van der Waals surface area contributed by atoms with E-state index in [1.807, 2.05) is 6.07 Å². The number of esters is 2. The normalized spacial score (nSPS) is 15.5. The lowest BCUT2D eigenvalue weighted by atomic mass is 9.98. The first-order valence-corrected chi connectivity index (χ1v) is 7.34. The molecule has 0 bridgehead atoms. The third-order valence-electron chi connectivity index (χ3n) is 3.23. The highest BCUT2D eigenvalue weighted by atomic mass is 16.5. The van der Waals surface area contributed by atoms with Crippen LogP contribution in [0.4, 0.5) is 0 Å². The molecule has 0 radical (unpaired) electrons. The van der Waals surface area contributed by atoms with Crippen LogP contribution in [0.3, 0.4) is 0 Å². The Bertz CT molecular complexity index is 687.